The van der Waals surface area contributed by atoms with Gasteiger partial charge in [0.2, 0.25) is 0 Å². The van der Waals surface area contributed by atoms with Crippen LogP contribution >= 0.6 is 15.9 Å². The fourth-order valence-electron chi connectivity index (χ4n) is 5.32. The van der Waals surface area contributed by atoms with E-state index in [-0.39, 0.29) is 17.4 Å². The first kappa shape index (κ1) is 23.2. The van der Waals surface area contributed by atoms with Crippen LogP contribution in [0.2, 0.25) is 0 Å². The minimum Gasteiger partial charge on any atom is -0.507 e. The number of phenolic OH excluding ortho intramolecular Hbond substituents is 2. The van der Waals surface area contributed by atoms with Crippen LogP contribution in [0, 0.1) is 27.7 Å². The number of fused-ring (bicyclic) bond motifs is 1. The van der Waals surface area contributed by atoms with Gasteiger partial charge in [0.25, 0.3) is 5.91 Å². The fraction of sp³-hybridized carbons (Fsp3) is 0.167. The SMILES string of the molecule is Cc1cc(C2(c3cc(C)c(O)c(C)c3)C(=O)N(c3cccc(Br)c3)c3ccccc32)cc(C)c1O. The maximum atomic E-state index is 14.8. The lowest BCUT2D eigenvalue weighted by Crippen LogP contribution is -2.40. The van der Waals surface area contributed by atoms with E-state index in [4.69, 9.17) is 0 Å². The number of rotatable bonds is 3. The van der Waals surface area contributed by atoms with Gasteiger partial charge in [0.1, 0.15) is 16.9 Å². The van der Waals surface area contributed by atoms with Crippen molar-refractivity contribution in [3.63, 3.8) is 0 Å². The highest BCUT2D eigenvalue weighted by Crippen LogP contribution is 2.54. The molecule has 0 spiro atoms. The molecule has 0 saturated carbocycles. The summed E-state index contributed by atoms with van der Waals surface area (Å²) in [5.41, 5.74) is 5.66. The molecule has 2 N–H and O–H groups in total. The Morgan fingerprint density at radius 3 is 1.74 bits per heavy atom. The molecular weight excluding hydrogens is 502 g/mol. The van der Waals surface area contributed by atoms with E-state index >= 15 is 0 Å². The molecule has 0 aromatic heterocycles. The molecule has 5 rings (SSSR count). The number of benzene rings is 4. The second-order valence-electron chi connectivity index (χ2n) is 9.30. The van der Waals surface area contributed by atoms with Gasteiger partial charge in [-0.05, 0) is 85.3 Å². The predicted molar refractivity (Wildman–Crippen MR) is 143 cm³/mol. The third-order valence-electron chi connectivity index (χ3n) is 6.99. The summed E-state index contributed by atoms with van der Waals surface area (Å²) in [6.07, 6.45) is 0. The molecule has 0 bridgehead atoms. The topological polar surface area (TPSA) is 60.8 Å². The zero-order valence-corrected chi connectivity index (χ0v) is 21.6. The van der Waals surface area contributed by atoms with E-state index in [0.717, 1.165) is 32.5 Å². The maximum Gasteiger partial charge on any atom is 0.251 e. The second kappa shape index (κ2) is 8.28. The van der Waals surface area contributed by atoms with Crippen LogP contribution in [0.1, 0.15) is 38.9 Å². The number of aromatic hydroxyl groups is 2. The van der Waals surface area contributed by atoms with Crippen LogP contribution in [0.15, 0.2) is 77.3 Å². The number of nitrogens with zero attached hydrogens (tertiary/aromatic N) is 1. The summed E-state index contributed by atoms with van der Waals surface area (Å²) in [6.45, 7) is 7.41. The lowest BCUT2D eigenvalue weighted by atomic mass is 9.69. The van der Waals surface area contributed by atoms with E-state index in [2.05, 4.69) is 15.9 Å². The largest absolute Gasteiger partial charge is 0.507 e. The first-order valence-corrected chi connectivity index (χ1v) is 12.3. The summed E-state index contributed by atoms with van der Waals surface area (Å²) in [5.74, 6) is 0.347. The lowest BCUT2D eigenvalue weighted by molar-refractivity contribution is -0.120. The van der Waals surface area contributed by atoms with Crippen molar-refractivity contribution in [3.8, 4) is 11.5 Å². The van der Waals surface area contributed by atoms with Gasteiger partial charge in [0.05, 0.1) is 11.4 Å². The summed E-state index contributed by atoms with van der Waals surface area (Å²) in [6, 6.07) is 23.2. The Labute approximate surface area is 213 Å². The minimum atomic E-state index is -1.16. The Morgan fingerprint density at radius 1 is 0.714 bits per heavy atom. The number of phenols is 2. The Balaban J connectivity index is 1.92. The zero-order chi connectivity index (χ0) is 25.1. The van der Waals surface area contributed by atoms with Gasteiger partial charge < -0.3 is 10.2 Å². The van der Waals surface area contributed by atoms with Crippen molar-refractivity contribution in [2.45, 2.75) is 33.1 Å². The molecule has 1 aliphatic heterocycles. The molecule has 4 aromatic rings. The van der Waals surface area contributed by atoms with Gasteiger partial charge in [-0.2, -0.15) is 0 Å². The van der Waals surface area contributed by atoms with Crippen LogP contribution in [0.5, 0.6) is 11.5 Å². The predicted octanol–water partition coefficient (Wildman–Crippen LogP) is 7.11. The van der Waals surface area contributed by atoms with Gasteiger partial charge in [-0.3, -0.25) is 9.69 Å². The zero-order valence-electron chi connectivity index (χ0n) is 20.1. The number of carbonyl (C=O) groups excluding carboxylic acids is 1. The molecule has 1 heterocycles. The summed E-state index contributed by atoms with van der Waals surface area (Å²) < 4.78 is 0.880. The second-order valence-corrected chi connectivity index (χ2v) is 10.2. The Morgan fingerprint density at radius 2 is 1.23 bits per heavy atom. The van der Waals surface area contributed by atoms with E-state index in [9.17, 15) is 15.0 Å². The highest BCUT2D eigenvalue weighted by Gasteiger charge is 2.54. The summed E-state index contributed by atoms with van der Waals surface area (Å²) in [4.78, 5) is 16.6. The number of para-hydroxylation sites is 1. The Hall–Kier alpha value is -3.57. The summed E-state index contributed by atoms with van der Waals surface area (Å²) in [7, 11) is 0. The standard InChI is InChI=1S/C30H26BrNO3/c1-17-12-21(13-18(2)27(17)33)30(22-14-19(3)28(34)20(4)15-22)25-10-5-6-11-26(25)32(29(30)35)24-9-7-8-23(31)16-24/h5-16,33-34H,1-4H3. The number of hydrogen-bond donors (Lipinski definition) is 2. The Kier molecular flexibility index (Phi) is 5.48. The van der Waals surface area contributed by atoms with E-state index in [0.29, 0.717) is 22.3 Å². The van der Waals surface area contributed by atoms with Gasteiger partial charge in [-0.1, -0.05) is 64.5 Å². The molecule has 0 saturated heterocycles. The average Bonchev–Trinajstić information content (AvgIpc) is 3.09. The molecule has 0 fully saturated rings. The molecule has 4 aromatic carbocycles. The van der Waals surface area contributed by atoms with Crippen LogP contribution < -0.4 is 4.90 Å². The van der Waals surface area contributed by atoms with Crippen molar-refractivity contribution >= 4 is 33.2 Å². The van der Waals surface area contributed by atoms with E-state index in [1.54, 1.807) is 4.90 Å². The van der Waals surface area contributed by atoms with Crippen LogP contribution in [-0.2, 0) is 10.2 Å². The highest BCUT2D eigenvalue weighted by molar-refractivity contribution is 9.10. The maximum absolute atomic E-state index is 14.8. The molecule has 1 aliphatic rings. The van der Waals surface area contributed by atoms with Gasteiger partial charge >= 0.3 is 0 Å². The van der Waals surface area contributed by atoms with E-state index in [1.165, 1.54) is 0 Å². The van der Waals surface area contributed by atoms with Gasteiger partial charge in [0, 0.05) is 10.0 Å². The molecule has 5 heteroatoms. The third-order valence-corrected chi connectivity index (χ3v) is 7.48. The lowest BCUT2D eigenvalue weighted by Gasteiger charge is -2.32. The number of halogens is 1. The van der Waals surface area contributed by atoms with Crippen LogP contribution in [-0.4, -0.2) is 16.1 Å². The van der Waals surface area contributed by atoms with Crippen LogP contribution in [0.3, 0.4) is 0 Å². The first-order chi connectivity index (χ1) is 16.7. The molecule has 0 unspecified atom stereocenters. The quantitative estimate of drug-likeness (QED) is 0.298. The van der Waals surface area contributed by atoms with Gasteiger partial charge in [0.15, 0.2) is 0 Å². The van der Waals surface area contributed by atoms with Crippen molar-refractivity contribution in [2.24, 2.45) is 0 Å². The highest BCUT2D eigenvalue weighted by atomic mass is 79.9. The summed E-state index contributed by atoms with van der Waals surface area (Å²) in [5, 5.41) is 21.1. The molecule has 35 heavy (non-hydrogen) atoms. The van der Waals surface area contributed by atoms with Crippen molar-refractivity contribution in [1.29, 1.82) is 0 Å². The van der Waals surface area contributed by atoms with Gasteiger partial charge in [-0.25, -0.2) is 0 Å². The molecule has 4 nitrogen and oxygen atoms in total. The van der Waals surface area contributed by atoms with Crippen LogP contribution in [0.25, 0.3) is 0 Å². The van der Waals surface area contributed by atoms with Crippen molar-refractivity contribution < 1.29 is 15.0 Å². The number of hydrogen-bond acceptors (Lipinski definition) is 3. The molecule has 1 amide bonds. The molecular formula is C30H26BrNO3. The van der Waals surface area contributed by atoms with Crippen molar-refractivity contribution in [1.82, 2.24) is 0 Å². The number of carbonyl (C=O) groups is 1. The van der Waals surface area contributed by atoms with E-state index < -0.39 is 5.41 Å². The number of aryl methyl sites for hydroxylation is 4. The number of amides is 1. The minimum absolute atomic E-state index is 0.106. The summed E-state index contributed by atoms with van der Waals surface area (Å²) >= 11 is 3.55. The third kappa shape index (κ3) is 3.37. The van der Waals surface area contributed by atoms with Crippen molar-refractivity contribution in [2.75, 3.05) is 4.90 Å². The smallest absolute Gasteiger partial charge is 0.251 e. The first-order valence-electron chi connectivity index (χ1n) is 11.5. The molecule has 0 radical (unpaired) electrons. The molecule has 176 valence electrons. The Bertz CT molecular complexity index is 1400. The monoisotopic (exact) mass is 527 g/mol. The fourth-order valence-corrected chi connectivity index (χ4v) is 5.71. The van der Waals surface area contributed by atoms with Crippen molar-refractivity contribution in [3.05, 3.63) is 116 Å². The normalized spacial score (nSPS) is 14.3. The number of anilines is 2. The van der Waals surface area contributed by atoms with Crippen LogP contribution in [0.4, 0.5) is 11.4 Å². The van der Waals surface area contributed by atoms with Gasteiger partial charge in [-0.15, -0.1) is 0 Å². The van der Waals surface area contributed by atoms with E-state index in [1.807, 2.05) is 100 Å². The molecule has 0 aliphatic carbocycles. The average molecular weight is 528 g/mol. The molecule has 0 atom stereocenters.